The minimum atomic E-state index is -4.12. The highest BCUT2D eigenvalue weighted by Gasteiger charge is 2.42. The number of halogens is 3. The summed E-state index contributed by atoms with van der Waals surface area (Å²) >= 11 is 0. The van der Waals surface area contributed by atoms with Crippen LogP contribution in [0.25, 0.3) is 0 Å². The van der Waals surface area contributed by atoms with Crippen molar-refractivity contribution in [3.8, 4) is 0 Å². The number of likely N-dealkylation sites (tertiary alicyclic amines) is 1. The van der Waals surface area contributed by atoms with Crippen LogP contribution < -0.4 is 0 Å². The quantitative estimate of drug-likeness (QED) is 0.851. The Bertz CT molecular complexity index is 298. The van der Waals surface area contributed by atoms with E-state index in [4.69, 9.17) is 5.11 Å². The van der Waals surface area contributed by atoms with E-state index >= 15 is 0 Å². The first-order chi connectivity index (χ1) is 8.19. The van der Waals surface area contributed by atoms with Crippen molar-refractivity contribution >= 4 is 5.97 Å². The summed E-state index contributed by atoms with van der Waals surface area (Å²) in [4.78, 5) is 13.0. The fourth-order valence-corrected chi connectivity index (χ4v) is 2.24. The number of carbonyl (C=O) groups is 1. The molecule has 1 atom stereocenters. The summed E-state index contributed by atoms with van der Waals surface area (Å²) < 4.78 is 37.5. The van der Waals surface area contributed by atoms with E-state index in [1.165, 1.54) is 0 Å². The Kier molecular flexibility index (Phi) is 4.64. The Morgan fingerprint density at radius 3 is 2.17 bits per heavy atom. The van der Waals surface area contributed by atoms with Crippen LogP contribution in [-0.2, 0) is 4.79 Å². The third-order valence-electron chi connectivity index (χ3n) is 3.92. The smallest absolute Gasteiger partial charge is 0.391 e. The number of rotatable bonds is 4. The summed E-state index contributed by atoms with van der Waals surface area (Å²) in [6, 6.07) is 0. The van der Waals surface area contributed by atoms with E-state index in [9.17, 15) is 18.0 Å². The summed E-state index contributed by atoms with van der Waals surface area (Å²) in [5.41, 5.74) is -0.870. The predicted octanol–water partition coefficient (Wildman–Crippen LogP) is 2.76. The molecule has 0 aromatic heterocycles. The highest BCUT2D eigenvalue weighted by Crippen LogP contribution is 2.35. The number of hydrogen-bond donors (Lipinski definition) is 1. The molecule has 1 N–H and O–H groups in total. The number of aliphatic carboxylic acids is 1. The third kappa shape index (κ3) is 3.60. The standard InChI is InChI=1S/C12H20F3NO2/c1-3-11(2,10(17)18)8-16-6-4-9(5-7-16)12(13,14)15/h9H,3-8H2,1-2H3,(H,17,18). The molecule has 0 aromatic carbocycles. The van der Waals surface area contributed by atoms with Crippen molar-refractivity contribution in [1.29, 1.82) is 0 Å². The van der Waals surface area contributed by atoms with Crippen LogP contribution in [0.4, 0.5) is 13.2 Å². The van der Waals surface area contributed by atoms with Gasteiger partial charge in [0.1, 0.15) is 0 Å². The lowest BCUT2D eigenvalue weighted by Crippen LogP contribution is -2.46. The van der Waals surface area contributed by atoms with Crippen molar-refractivity contribution < 1.29 is 23.1 Å². The zero-order valence-electron chi connectivity index (χ0n) is 10.8. The first-order valence-electron chi connectivity index (χ1n) is 6.21. The van der Waals surface area contributed by atoms with Crippen LogP contribution in [-0.4, -0.2) is 41.8 Å². The average Bonchev–Trinajstić information content (AvgIpc) is 2.28. The Morgan fingerprint density at radius 2 is 1.83 bits per heavy atom. The number of nitrogens with zero attached hydrogens (tertiary/aromatic N) is 1. The molecule has 1 aliphatic rings. The van der Waals surface area contributed by atoms with Crippen LogP contribution >= 0.6 is 0 Å². The van der Waals surface area contributed by atoms with Gasteiger partial charge in [0.25, 0.3) is 0 Å². The first kappa shape index (κ1) is 15.3. The number of carboxylic acid groups (broad SMARTS) is 1. The molecule has 1 fully saturated rings. The predicted molar refractivity (Wildman–Crippen MR) is 61.3 cm³/mol. The summed E-state index contributed by atoms with van der Waals surface area (Å²) in [6.45, 7) is 4.41. The second-order valence-corrected chi connectivity index (χ2v) is 5.31. The van der Waals surface area contributed by atoms with Crippen molar-refractivity contribution in [3.63, 3.8) is 0 Å². The number of hydrogen-bond acceptors (Lipinski definition) is 2. The summed E-state index contributed by atoms with van der Waals surface area (Å²) in [6.07, 6.45) is -3.50. The van der Waals surface area contributed by atoms with E-state index in [0.29, 0.717) is 26.1 Å². The Balaban J connectivity index is 2.52. The van der Waals surface area contributed by atoms with E-state index < -0.39 is 23.5 Å². The molecule has 18 heavy (non-hydrogen) atoms. The summed E-state index contributed by atoms with van der Waals surface area (Å²) in [5.74, 6) is -2.12. The third-order valence-corrected chi connectivity index (χ3v) is 3.92. The van der Waals surface area contributed by atoms with Crippen LogP contribution in [0.5, 0.6) is 0 Å². The van der Waals surface area contributed by atoms with Gasteiger partial charge in [-0.25, -0.2) is 0 Å². The molecule has 0 saturated carbocycles. The van der Waals surface area contributed by atoms with Gasteiger partial charge in [0.05, 0.1) is 11.3 Å². The maximum Gasteiger partial charge on any atom is 0.391 e. The van der Waals surface area contributed by atoms with Gasteiger partial charge in [-0.2, -0.15) is 13.2 Å². The molecule has 0 bridgehead atoms. The van der Waals surface area contributed by atoms with Crippen molar-refractivity contribution in [2.75, 3.05) is 19.6 Å². The second kappa shape index (κ2) is 5.47. The van der Waals surface area contributed by atoms with Gasteiger partial charge in [-0.1, -0.05) is 6.92 Å². The molecule has 1 unspecified atom stereocenters. The van der Waals surface area contributed by atoms with E-state index in [1.54, 1.807) is 13.8 Å². The molecule has 1 aliphatic heterocycles. The molecule has 0 aromatic rings. The van der Waals surface area contributed by atoms with Crippen molar-refractivity contribution in [3.05, 3.63) is 0 Å². The molecule has 106 valence electrons. The molecule has 0 amide bonds. The maximum absolute atomic E-state index is 12.5. The van der Waals surface area contributed by atoms with E-state index in [2.05, 4.69) is 0 Å². The Labute approximate surface area is 105 Å². The number of alkyl halides is 3. The molecule has 0 spiro atoms. The zero-order valence-corrected chi connectivity index (χ0v) is 10.8. The second-order valence-electron chi connectivity index (χ2n) is 5.31. The van der Waals surface area contributed by atoms with Crippen LogP contribution in [0.15, 0.2) is 0 Å². The topological polar surface area (TPSA) is 40.5 Å². The molecule has 0 aliphatic carbocycles. The SMILES string of the molecule is CCC(C)(CN1CCC(C(F)(F)F)CC1)C(=O)O. The molecular weight excluding hydrogens is 247 g/mol. The van der Waals surface area contributed by atoms with Gasteiger partial charge < -0.3 is 10.0 Å². The van der Waals surface area contributed by atoms with Gasteiger partial charge >= 0.3 is 12.1 Å². The Morgan fingerprint density at radius 1 is 1.33 bits per heavy atom. The van der Waals surface area contributed by atoms with Gasteiger partial charge in [0.2, 0.25) is 0 Å². The van der Waals surface area contributed by atoms with Crippen LogP contribution in [0, 0.1) is 11.3 Å². The van der Waals surface area contributed by atoms with Gasteiger partial charge in [0, 0.05) is 6.54 Å². The molecular formula is C12H20F3NO2. The average molecular weight is 267 g/mol. The van der Waals surface area contributed by atoms with Crippen LogP contribution in [0.2, 0.25) is 0 Å². The normalized spacial score (nSPS) is 22.7. The molecule has 1 saturated heterocycles. The molecule has 3 nitrogen and oxygen atoms in total. The van der Waals surface area contributed by atoms with Crippen molar-refractivity contribution in [2.45, 2.75) is 39.3 Å². The van der Waals surface area contributed by atoms with Gasteiger partial charge in [-0.05, 0) is 39.3 Å². The van der Waals surface area contributed by atoms with Crippen molar-refractivity contribution in [1.82, 2.24) is 4.90 Å². The fourth-order valence-electron chi connectivity index (χ4n) is 2.24. The zero-order chi connectivity index (χ0) is 14.0. The van der Waals surface area contributed by atoms with Gasteiger partial charge in [-0.3, -0.25) is 4.79 Å². The minimum Gasteiger partial charge on any atom is -0.481 e. The maximum atomic E-state index is 12.5. The van der Waals surface area contributed by atoms with E-state index in [0.717, 1.165) is 0 Å². The Hall–Kier alpha value is -0.780. The lowest BCUT2D eigenvalue weighted by Gasteiger charge is -2.37. The van der Waals surface area contributed by atoms with Gasteiger partial charge in [0.15, 0.2) is 0 Å². The molecule has 1 heterocycles. The van der Waals surface area contributed by atoms with E-state index in [-0.39, 0.29) is 12.8 Å². The molecule has 0 radical (unpaired) electrons. The van der Waals surface area contributed by atoms with Crippen LogP contribution in [0.1, 0.15) is 33.1 Å². The molecule has 1 rings (SSSR count). The lowest BCUT2D eigenvalue weighted by molar-refractivity contribution is -0.186. The number of carboxylic acids is 1. The van der Waals surface area contributed by atoms with Crippen LogP contribution in [0.3, 0.4) is 0 Å². The van der Waals surface area contributed by atoms with Gasteiger partial charge in [-0.15, -0.1) is 0 Å². The largest absolute Gasteiger partial charge is 0.481 e. The van der Waals surface area contributed by atoms with Crippen molar-refractivity contribution in [2.24, 2.45) is 11.3 Å². The summed E-state index contributed by atoms with van der Waals surface area (Å²) in [7, 11) is 0. The summed E-state index contributed by atoms with van der Waals surface area (Å²) in [5, 5.41) is 9.14. The minimum absolute atomic E-state index is 0.0723. The highest BCUT2D eigenvalue weighted by atomic mass is 19.4. The highest BCUT2D eigenvalue weighted by molar-refractivity contribution is 5.74. The lowest BCUT2D eigenvalue weighted by atomic mass is 9.85. The monoisotopic (exact) mass is 267 g/mol. The first-order valence-corrected chi connectivity index (χ1v) is 6.21. The van der Waals surface area contributed by atoms with E-state index in [1.807, 2.05) is 4.90 Å². The molecule has 6 heteroatoms. The fraction of sp³-hybridized carbons (Fsp3) is 0.917. The number of piperidine rings is 1.